The highest BCUT2D eigenvalue weighted by Crippen LogP contribution is 2.21. The van der Waals surface area contributed by atoms with E-state index in [2.05, 4.69) is 4.98 Å². The summed E-state index contributed by atoms with van der Waals surface area (Å²) < 4.78 is 21.9. The van der Waals surface area contributed by atoms with Gasteiger partial charge in [-0.15, -0.1) is 11.3 Å². The highest BCUT2D eigenvalue weighted by atomic mass is 32.2. The summed E-state index contributed by atoms with van der Waals surface area (Å²) in [5.74, 6) is 0.115. The first-order valence-corrected chi connectivity index (χ1v) is 7.22. The zero-order valence-electron chi connectivity index (χ0n) is 8.28. The third-order valence-corrected chi connectivity index (χ3v) is 3.80. The Labute approximate surface area is 88.1 Å². The summed E-state index contributed by atoms with van der Waals surface area (Å²) in [5.41, 5.74) is 6.43. The number of sulfone groups is 1. The Hall–Kier alpha value is -0.620. The lowest BCUT2D eigenvalue weighted by Gasteiger charge is -1.96. The van der Waals surface area contributed by atoms with Gasteiger partial charge in [-0.1, -0.05) is 6.92 Å². The molecule has 4 nitrogen and oxygen atoms in total. The van der Waals surface area contributed by atoms with Crippen LogP contribution in [0.15, 0.2) is 0 Å². The molecule has 0 aromatic carbocycles. The van der Waals surface area contributed by atoms with E-state index < -0.39 is 9.84 Å². The number of thiazole rings is 1. The van der Waals surface area contributed by atoms with Gasteiger partial charge in [-0.25, -0.2) is 13.4 Å². The first kappa shape index (κ1) is 11.5. The maximum Gasteiger partial charge on any atom is 0.147 e. The van der Waals surface area contributed by atoms with Gasteiger partial charge in [0.15, 0.2) is 0 Å². The van der Waals surface area contributed by atoms with Gasteiger partial charge < -0.3 is 5.73 Å². The summed E-state index contributed by atoms with van der Waals surface area (Å²) in [7, 11) is -2.93. The Bertz CT molecular complexity index is 409. The van der Waals surface area contributed by atoms with Crippen LogP contribution in [-0.2, 0) is 22.7 Å². The number of hydrogen-bond donors (Lipinski definition) is 1. The van der Waals surface area contributed by atoms with Crippen LogP contribution in [0.4, 0.5) is 5.00 Å². The number of aryl methyl sites for hydroxylation is 2. The average molecular weight is 234 g/mol. The molecule has 0 amide bonds. The SMILES string of the molecule is CCc1nc(CCS(C)(=O)=O)c(N)s1. The summed E-state index contributed by atoms with van der Waals surface area (Å²) in [4.78, 5) is 4.26. The molecule has 1 rings (SSSR count). The molecule has 0 saturated heterocycles. The molecule has 0 atom stereocenters. The molecular formula is C8H14N2O2S2. The smallest absolute Gasteiger partial charge is 0.147 e. The molecular weight excluding hydrogens is 220 g/mol. The zero-order chi connectivity index (χ0) is 10.8. The van der Waals surface area contributed by atoms with Crippen LogP contribution in [0.1, 0.15) is 17.6 Å². The van der Waals surface area contributed by atoms with Crippen molar-refractivity contribution >= 4 is 26.2 Å². The van der Waals surface area contributed by atoms with Gasteiger partial charge in [0.1, 0.15) is 14.8 Å². The number of nitrogens with two attached hydrogens (primary N) is 1. The minimum absolute atomic E-state index is 0.115. The molecule has 1 aromatic rings. The first-order valence-electron chi connectivity index (χ1n) is 4.34. The van der Waals surface area contributed by atoms with E-state index in [1.807, 2.05) is 6.92 Å². The third kappa shape index (κ3) is 3.26. The molecule has 0 aliphatic heterocycles. The van der Waals surface area contributed by atoms with Crippen LogP contribution in [0.5, 0.6) is 0 Å². The molecule has 0 unspecified atom stereocenters. The van der Waals surface area contributed by atoms with Gasteiger partial charge in [-0.2, -0.15) is 0 Å². The maximum atomic E-state index is 10.9. The van der Waals surface area contributed by atoms with Gasteiger partial charge in [0.05, 0.1) is 16.5 Å². The Morgan fingerprint density at radius 3 is 2.57 bits per heavy atom. The van der Waals surface area contributed by atoms with Crippen LogP contribution in [0.3, 0.4) is 0 Å². The number of rotatable bonds is 4. The van der Waals surface area contributed by atoms with Crippen molar-refractivity contribution in [3.8, 4) is 0 Å². The van der Waals surface area contributed by atoms with Crippen LogP contribution in [0, 0.1) is 0 Å². The third-order valence-electron chi connectivity index (χ3n) is 1.78. The number of aromatic nitrogens is 1. The van der Waals surface area contributed by atoms with E-state index in [-0.39, 0.29) is 5.75 Å². The Balaban J connectivity index is 2.72. The van der Waals surface area contributed by atoms with Crippen molar-refractivity contribution in [1.82, 2.24) is 4.98 Å². The highest BCUT2D eigenvalue weighted by Gasteiger charge is 2.10. The molecule has 0 aliphatic carbocycles. The summed E-state index contributed by atoms with van der Waals surface area (Å²) in [5, 5.41) is 1.61. The lowest BCUT2D eigenvalue weighted by atomic mass is 10.3. The second-order valence-electron chi connectivity index (χ2n) is 3.15. The molecule has 0 fully saturated rings. The van der Waals surface area contributed by atoms with Crippen molar-refractivity contribution in [2.75, 3.05) is 17.7 Å². The summed E-state index contributed by atoms with van der Waals surface area (Å²) in [6, 6.07) is 0. The van der Waals surface area contributed by atoms with Crippen molar-refractivity contribution < 1.29 is 8.42 Å². The second kappa shape index (κ2) is 4.27. The van der Waals surface area contributed by atoms with Crippen molar-refractivity contribution in [3.63, 3.8) is 0 Å². The number of hydrogen-bond acceptors (Lipinski definition) is 5. The van der Waals surface area contributed by atoms with Crippen molar-refractivity contribution in [2.24, 2.45) is 0 Å². The van der Waals surface area contributed by atoms with Crippen LogP contribution in [0.2, 0.25) is 0 Å². The van der Waals surface area contributed by atoms with E-state index in [9.17, 15) is 8.42 Å². The lowest BCUT2D eigenvalue weighted by molar-refractivity contribution is 0.601. The van der Waals surface area contributed by atoms with Crippen molar-refractivity contribution in [1.29, 1.82) is 0 Å². The molecule has 0 radical (unpaired) electrons. The van der Waals surface area contributed by atoms with E-state index >= 15 is 0 Å². The predicted octanol–water partition coefficient (Wildman–Crippen LogP) is 0.875. The zero-order valence-corrected chi connectivity index (χ0v) is 9.91. The van der Waals surface area contributed by atoms with Crippen molar-refractivity contribution in [3.05, 3.63) is 10.7 Å². The minimum Gasteiger partial charge on any atom is -0.389 e. The second-order valence-corrected chi connectivity index (χ2v) is 6.53. The first-order chi connectivity index (χ1) is 6.42. The molecule has 14 heavy (non-hydrogen) atoms. The summed E-state index contributed by atoms with van der Waals surface area (Å²) >= 11 is 1.44. The summed E-state index contributed by atoms with van der Waals surface area (Å²) in [6.45, 7) is 2.00. The van der Waals surface area contributed by atoms with Gasteiger partial charge in [0.25, 0.3) is 0 Å². The van der Waals surface area contributed by atoms with Crippen LogP contribution in [0.25, 0.3) is 0 Å². The van der Waals surface area contributed by atoms with Crippen LogP contribution < -0.4 is 5.73 Å². The van der Waals surface area contributed by atoms with Gasteiger partial charge in [-0.3, -0.25) is 0 Å². The highest BCUT2D eigenvalue weighted by molar-refractivity contribution is 7.90. The van der Waals surface area contributed by atoms with Gasteiger partial charge in [0, 0.05) is 12.7 Å². The normalized spacial score (nSPS) is 11.9. The molecule has 1 heterocycles. The van der Waals surface area contributed by atoms with Gasteiger partial charge >= 0.3 is 0 Å². The number of anilines is 1. The van der Waals surface area contributed by atoms with Crippen LogP contribution >= 0.6 is 11.3 Å². The van der Waals surface area contributed by atoms with Crippen molar-refractivity contribution in [2.45, 2.75) is 19.8 Å². The monoisotopic (exact) mass is 234 g/mol. The Morgan fingerprint density at radius 2 is 2.14 bits per heavy atom. The number of nitrogens with zero attached hydrogens (tertiary/aromatic N) is 1. The molecule has 2 N–H and O–H groups in total. The van der Waals surface area contributed by atoms with Crippen LogP contribution in [-0.4, -0.2) is 25.4 Å². The standard InChI is InChI=1S/C8H14N2O2S2/c1-3-7-10-6(8(9)13-7)4-5-14(2,11)12/h3-5,9H2,1-2H3. The molecule has 6 heteroatoms. The van der Waals surface area contributed by atoms with Gasteiger partial charge in [0.2, 0.25) is 0 Å². The average Bonchev–Trinajstić information content (AvgIpc) is 2.42. The minimum atomic E-state index is -2.93. The van der Waals surface area contributed by atoms with E-state index in [0.717, 1.165) is 17.1 Å². The topological polar surface area (TPSA) is 73.0 Å². The molecule has 80 valence electrons. The Kier molecular flexibility index (Phi) is 3.49. The molecule has 0 bridgehead atoms. The van der Waals surface area contributed by atoms with E-state index in [0.29, 0.717) is 11.4 Å². The fourth-order valence-electron chi connectivity index (χ4n) is 1.03. The largest absolute Gasteiger partial charge is 0.389 e. The Morgan fingerprint density at radius 1 is 1.50 bits per heavy atom. The van der Waals surface area contributed by atoms with E-state index in [1.165, 1.54) is 17.6 Å². The fourth-order valence-corrected chi connectivity index (χ4v) is 2.41. The number of nitrogen functional groups attached to an aromatic ring is 1. The molecule has 0 spiro atoms. The quantitative estimate of drug-likeness (QED) is 0.839. The summed E-state index contributed by atoms with van der Waals surface area (Å²) in [6.07, 6.45) is 2.48. The molecule has 0 saturated carbocycles. The van der Waals surface area contributed by atoms with E-state index in [1.54, 1.807) is 0 Å². The fraction of sp³-hybridized carbons (Fsp3) is 0.625. The maximum absolute atomic E-state index is 10.9. The lowest BCUT2D eigenvalue weighted by Crippen LogP contribution is -2.07. The molecule has 0 aliphatic rings. The van der Waals surface area contributed by atoms with E-state index in [4.69, 9.17) is 5.73 Å². The predicted molar refractivity (Wildman–Crippen MR) is 59.3 cm³/mol. The molecule has 1 aromatic heterocycles. The van der Waals surface area contributed by atoms with Gasteiger partial charge in [-0.05, 0) is 6.42 Å².